The quantitative estimate of drug-likeness (QED) is 0.763. The van der Waals surface area contributed by atoms with Crippen molar-refractivity contribution in [3.63, 3.8) is 0 Å². The van der Waals surface area contributed by atoms with Crippen molar-refractivity contribution in [1.29, 1.82) is 0 Å². The monoisotopic (exact) mass is 342 g/mol. The summed E-state index contributed by atoms with van der Waals surface area (Å²) in [5.41, 5.74) is 0.577. The van der Waals surface area contributed by atoms with Gasteiger partial charge in [-0.3, -0.25) is 0 Å². The minimum Gasteiger partial charge on any atom is -0.478 e. The van der Waals surface area contributed by atoms with E-state index in [2.05, 4.69) is 47.3 Å². The minimum absolute atomic E-state index is 0.0286. The fourth-order valence-corrected chi connectivity index (χ4v) is 1.90. The lowest BCUT2D eigenvalue weighted by Gasteiger charge is -2.22. The molecule has 0 atom stereocenters. The van der Waals surface area contributed by atoms with Crippen LogP contribution >= 0.6 is 15.9 Å². The van der Waals surface area contributed by atoms with Crippen LogP contribution in [0, 0.1) is 5.41 Å². The summed E-state index contributed by atoms with van der Waals surface area (Å²) in [4.78, 5) is 22.7. The zero-order chi connectivity index (χ0) is 15.3. The van der Waals surface area contributed by atoms with E-state index in [0.717, 1.165) is 6.42 Å². The number of urea groups is 1. The number of carbonyl (C=O) groups excluding carboxylic acids is 1. The van der Waals surface area contributed by atoms with Crippen LogP contribution in [0.4, 0.5) is 10.5 Å². The molecular formula is C14H19BrN2O3. The molecule has 0 radical (unpaired) electrons. The van der Waals surface area contributed by atoms with Crippen molar-refractivity contribution < 1.29 is 14.7 Å². The molecule has 110 valence electrons. The Morgan fingerprint density at radius 1 is 1.30 bits per heavy atom. The van der Waals surface area contributed by atoms with Gasteiger partial charge in [-0.2, -0.15) is 0 Å². The number of carbonyl (C=O) groups is 2. The summed E-state index contributed by atoms with van der Waals surface area (Å²) in [6.07, 6.45) is 0.952. The van der Waals surface area contributed by atoms with Gasteiger partial charge < -0.3 is 15.7 Å². The topological polar surface area (TPSA) is 78.4 Å². The third-order valence-corrected chi connectivity index (χ3v) is 3.55. The molecule has 0 heterocycles. The summed E-state index contributed by atoms with van der Waals surface area (Å²) >= 11 is 3.22. The third kappa shape index (κ3) is 5.21. The predicted octanol–water partition coefficient (Wildman–Crippen LogP) is 3.71. The Bertz CT molecular complexity index is 515. The van der Waals surface area contributed by atoms with Gasteiger partial charge in [-0.1, -0.05) is 36.7 Å². The normalized spacial score (nSPS) is 11.0. The maximum Gasteiger partial charge on any atom is 0.335 e. The van der Waals surface area contributed by atoms with Crippen molar-refractivity contribution in [2.24, 2.45) is 5.41 Å². The van der Waals surface area contributed by atoms with Crippen LogP contribution in [-0.2, 0) is 0 Å². The molecule has 6 heteroatoms. The van der Waals surface area contributed by atoms with Gasteiger partial charge in [-0.25, -0.2) is 9.59 Å². The number of benzene rings is 1. The van der Waals surface area contributed by atoms with E-state index in [4.69, 9.17) is 5.11 Å². The molecule has 2 amide bonds. The first-order valence-corrected chi connectivity index (χ1v) is 7.11. The van der Waals surface area contributed by atoms with Gasteiger partial charge in [0.15, 0.2) is 0 Å². The number of carboxylic acid groups (broad SMARTS) is 1. The molecule has 1 aromatic rings. The van der Waals surface area contributed by atoms with E-state index in [1.54, 1.807) is 6.07 Å². The van der Waals surface area contributed by atoms with Gasteiger partial charge in [-0.15, -0.1) is 0 Å². The molecule has 1 rings (SSSR count). The van der Waals surface area contributed by atoms with Crippen LogP contribution in [0.25, 0.3) is 0 Å². The zero-order valence-electron chi connectivity index (χ0n) is 11.8. The average molecular weight is 343 g/mol. The molecule has 0 spiro atoms. The number of hydrogen-bond donors (Lipinski definition) is 3. The Kier molecular flexibility index (Phi) is 5.56. The lowest BCUT2D eigenvalue weighted by atomic mass is 9.90. The molecule has 0 bridgehead atoms. The van der Waals surface area contributed by atoms with Crippen LogP contribution in [-0.4, -0.2) is 23.7 Å². The van der Waals surface area contributed by atoms with Gasteiger partial charge in [0.05, 0.1) is 5.56 Å². The van der Waals surface area contributed by atoms with Crippen LogP contribution in [0.3, 0.4) is 0 Å². The fraction of sp³-hybridized carbons (Fsp3) is 0.429. The van der Waals surface area contributed by atoms with Crippen molar-refractivity contribution in [1.82, 2.24) is 5.32 Å². The molecule has 0 fully saturated rings. The van der Waals surface area contributed by atoms with E-state index >= 15 is 0 Å². The van der Waals surface area contributed by atoms with Crippen molar-refractivity contribution in [2.45, 2.75) is 27.2 Å². The van der Waals surface area contributed by atoms with Crippen LogP contribution in [0.1, 0.15) is 37.6 Å². The standard InChI is InChI=1S/C14H19BrN2O3/c1-4-14(2,3)8-16-13(20)17-11-6-9(12(18)19)5-10(15)7-11/h5-7H,4,8H2,1-3H3,(H,18,19)(H2,16,17,20). The van der Waals surface area contributed by atoms with Crippen LogP contribution in [0.2, 0.25) is 0 Å². The highest BCUT2D eigenvalue weighted by atomic mass is 79.9. The molecule has 0 unspecified atom stereocenters. The van der Waals surface area contributed by atoms with E-state index < -0.39 is 5.97 Å². The van der Waals surface area contributed by atoms with E-state index in [9.17, 15) is 9.59 Å². The number of rotatable bonds is 5. The molecule has 5 nitrogen and oxygen atoms in total. The van der Waals surface area contributed by atoms with E-state index in [-0.39, 0.29) is 17.0 Å². The van der Waals surface area contributed by atoms with Crippen LogP contribution in [0.15, 0.2) is 22.7 Å². The first-order chi connectivity index (χ1) is 9.23. The number of carboxylic acids is 1. The second kappa shape index (κ2) is 6.74. The Morgan fingerprint density at radius 2 is 1.95 bits per heavy atom. The zero-order valence-corrected chi connectivity index (χ0v) is 13.4. The van der Waals surface area contributed by atoms with E-state index in [1.807, 2.05) is 0 Å². The minimum atomic E-state index is -1.04. The lowest BCUT2D eigenvalue weighted by Crippen LogP contribution is -2.36. The second-order valence-corrected chi connectivity index (χ2v) is 6.27. The molecule has 0 aliphatic rings. The number of halogens is 1. The third-order valence-electron chi connectivity index (χ3n) is 3.09. The highest BCUT2D eigenvalue weighted by molar-refractivity contribution is 9.10. The number of amides is 2. The van der Waals surface area contributed by atoms with E-state index in [1.165, 1.54) is 12.1 Å². The number of anilines is 1. The Balaban J connectivity index is 2.69. The molecule has 0 aliphatic carbocycles. The highest BCUT2D eigenvalue weighted by Gasteiger charge is 2.16. The van der Waals surface area contributed by atoms with Gasteiger partial charge in [0.2, 0.25) is 0 Å². The Labute approximate surface area is 126 Å². The molecule has 0 aliphatic heterocycles. The van der Waals surface area contributed by atoms with Crippen molar-refractivity contribution in [3.8, 4) is 0 Å². The maximum absolute atomic E-state index is 11.8. The van der Waals surface area contributed by atoms with Crippen LogP contribution < -0.4 is 10.6 Å². The molecule has 0 saturated heterocycles. The van der Waals surface area contributed by atoms with Crippen molar-refractivity contribution >= 4 is 33.6 Å². The molecule has 20 heavy (non-hydrogen) atoms. The maximum atomic E-state index is 11.8. The van der Waals surface area contributed by atoms with Crippen LogP contribution in [0.5, 0.6) is 0 Å². The average Bonchev–Trinajstić information content (AvgIpc) is 2.36. The number of nitrogens with one attached hydrogen (secondary N) is 2. The Hall–Kier alpha value is -1.56. The van der Waals surface area contributed by atoms with Gasteiger partial charge in [0, 0.05) is 16.7 Å². The van der Waals surface area contributed by atoms with Gasteiger partial charge in [0.25, 0.3) is 0 Å². The first-order valence-electron chi connectivity index (χ1n) is 6.32. The van der Waals surface area contributed by atoms with E-state index in [0.29, 0.717) is 16.7 Å². The second-order valence-electron chi connectivity index (χ2n) is 5.36. The summed E-state index contributed by atoms with van der Waals surface area (Å²) < 4.78 is 0.599. The summed E-state index contributed by atoms with van der Waals surface area (Å²) in [5.74, 6) is -1.04. The van der Waals surface area contributed by atoms with Gasteiger partial charge in [-0.05, 0) is 30.0 Å². The molecule has 1 aromatic carbocycles. The molecule has 3 N–H and O–H groups in total. The first kappa shape index (κ1) is 16.5. The summed E-state index contributed by atoms with van der Waals surface area (Å²) in [7, 11) is 0. The van der Waals surface area contributed by atoms with Crippen molar-refractivity contribution in [2.75, 3.05) is 11.9 Å². The highest BCUT2D eigenvalue weighted by Crippen LogP contribution is 2.20. The molecular weight excluding hydrogens is 324 g/mol. The fourth-order valence-electron chi connectivity index (χ4n) is 1.41. The SMILES string of the molecule is CCC(C)(C)CNC(=O)Nc1cc(Br)cc(C(=O)O)c1. The van der Waals surface area contributed by atoms with Gasteiger partial charge >= 0.3 is 12.0 Å². The number of hydrogen-bond acceptors (Lipinski definition) is 2. The molecule has 0 saturated carbocycles. The summed E-state index contributed by atoms with van der Waals surface area (Å²) in [5, 5.41) is 14.4. The predicted molar refractivity (Wildman–Crippen MR) is 82.2 cm³/mol. The summed E-state index contributed by atoms with van der Waals surface area (Å²) in [6, 6.07) is 4.20. The van der Waals surface area contributed by atoms with Crippen molar-refractivity contribution in [3.05, 3.63) is 28.2 Å². The number of aromatic carboxylic acids is 1. The van der Waals surface area contributed by atoms with Gasteiger partial charge in [0.1, 0.15) is 0 Å². The smallest absolute Gasteiger partial charge is 0.335 e. The largest absolute Gasteiger partial charge is 0.478 e. The lowest BCUT2D eigenvalue weighted by molar-refractivity contribution is 0.0697. The Morgan fingerprint density at radius 3 is 2.50 bits per heavy atom. The summed E-state index contributed by atoms with van der Waals surface area (Å²) in [6.45, 7) is 6.74. The molecule has 0 aromatic heterocycles.